The molecule has 0 spiro atoms. The number of hydrogen-bond donors (Lipinski definition) is 11. The molecule has 3 heterocycles. The summed E-state index contributed by atoms with van der Waals surface area (Å²) in [5.74, 6) is 0. The molecule has 3 fully saturated rings. The Balaban J connectivity index is 1.72. The van der Waals surface area contributed by atoms with Crippen molar-refractivity contribution < 1.29 is 79.9 Å². The number of hydrogen-bond acceptors (Lipinski definition) is 16. The second-order valence-electron chi connectivity index (χ2n) is 8.33. The molecule has 0 amide bonds. The van der Waals surface area contributed by atoms with Crippen molar-refractivity contribution in [1.82, 2.24) is 0 Å². The van der Waals surface area contributed by atoms with Crippen molar-refractivity contribution in [2.24, 2.45) is 0 Å². The van der Waals surface area contributed by atoms with Crippen LogP contribution in [0, 0.1) is 0 Å². The Kier molecular flexibility index (Phi) is 9.54. The van der Waals surface area contributed by atoms with Gasteiger partial charge in [-0.3, -0.25) is 0 Å². The fraction of sp³-hybridized carbons (Fsp3) is 1.00. The maximum atomic E-state index is 10.6. The van der Waals surface area contributed by atoms with Crippen LogP contribution < -0.4 is 0 Å². The van der Waals surface area contributed by atoms with Crippen molar-refractivity contribution in [3.63, 3.8) is 0 Å². The minimum absolute atomic E-state index is 0.741. The molecule has 0 aliphatic carbocycles. The summed E-state index contributed by atoms with van der Waals surface area (Å²) < 4.78 is 26.4. The van der Waals surface area contributed by atoms with E-state index in [1.165, 1.54) is 0 Å². The summed E-state index contributed by atoms with van der Waals surface area (Å²) >= 11 is 0. The Morgan fingerprint density at radius 2 is 0.853 bits per heavy atom. The van der Waals surface area contributed by atoms with Gasteiger partial charge in [-0.05, 0) is 0 Å². The topological polar surface area (TPSA) is 269 Å². The highest BCUT2D eigenvalue weighted by molar-refractivity contribution is 4.96. The lowest BCUT2D eigenvalue weighted by Crippen LogP contribution is -2.66. The van der Waals surface area contributed by atoms with Crippen LogP contribution in [0.4, 0.5) is 0 Å². The Labute approximate surface area is 192 Å². The van der Waals surface area contributed by atoms with Gasteiger partial charge in [-0.25, -0.2) is 0 Å². The maximum Gasteiger partial charge on any atom is 0.187 e. The Hall–Kier alpha value is -0.640. The fourth-order valence-corrected chi connectivity index (χ4v) is 4.06. The van der Waals surface area contributed by atoms with E-state index >= 15 is 0 Å². The highest BCUT2D eigenvalue weighted by atomic mass is 16.8. The lowest BCUT2D eigenvalue weighted by Gasteiger charge is -2.47. The summed E-state index contributed by atoms with van der Waals surface area (Å²) in [7, 11) is 0. The Bertz CT molecular complexity index is 635. The van der Waals surface area contributed by atoms with Crippen LogP contribution in [0.25, 0.3) is 0 Å². The Morgan fingerprint density at radius 3 is 1.35 bits per heavy atom. The summed E-state index contributed by atoms with van der Waals surface area (Å²) in [5, 5.41) is 109. The quantitative estimate of drug-likeness (QED) is 0.154. The van der Waals surface area contributed by atoms with Crippen molar-refractivity contribution in [2.45, 2.75) is 92.1 Å². The second kappa shape index (κ2) is 11.6. The van der Waals surface area contributed by atoms with E-state index in [0.29, 0.717) is 0 Å². The highest BCUT2D eigenvalue weighted by Gasteiger charge is 2.53. The second-order valence-corrected chi connectivity index (χ2v) is 8.33. The third kappa shape index (κ3) is 5.37. The molecule has 11 N–H and O–H groups in total. The molecule has 15 atom stereocenters. The minimum Gasteiger partial charge on any atom is -0.394 e. The number of aliphatic hydroxyl groups excluding tert-OH is 11. The molecule has 16 nitrogen and oxygen atoms in total. The van der Waals surface area contributed by atoms with E-state index in [1.54, 1.807) is 0 Å². The minimum atomic E-state index is -1.91. The highest BCUT2D eigenvalue weighted by Crippen LogP contribution is 2.32. The molecule has 200 valence electrons. The van der Waals surface area contributed by atoms with Crippen LogP contribution in [0.5, 0.6) is 0 Å². The van der Waals surface area contributed by atoms with Gasteiger partial charge >= 0.3 is 0 Å². The van der Waals surface area contributed by atoms with Crippen LogP contribution in [0.1, 0.15) is 0 Å². The van der Waals surface area contributed by atoms with Gasteiger partial charge in [0.2, 0.25) is 0 Å². The van der Waals surface area contributed by atoms with E-state index in [0.717, 1.165) is 0 Å². The lowest BCUT2D eigenvalue weighted by atomic mass is 9.96. The zero-order chi connectivity index (χ0) is 25.3. The van der Waals surface area contributed by atoms with Gasteiger partial charge < -0.3 is 79.9 Å². The smallest absolute Gasteiger partial charge is 0.187 e. The van der Waals surface area contributed by atoms with Crippen molar-refractivity contribution in [2.75, 3.05) is 19.8 Å². The first-order valence-corrected chi connectivity index (χ1v) is 10.6. The number of ether oxygens (including phenoxy) is 5. The molecule has 3 saturated heterocycles. The van der Waals surface area contributed by atoms with Gasteiger partial charge in [0.15, 0.2) is 18.9 Å². The van der Waals surface area contributed by atoms with Gasteiger partial charge in [-0.15, -0.1) is 0 Å². The lowest BCUT2D eigenvalue weighted by molar-refractivity contribution is -0.377. The SMILES string of the molecule is OCC1O[C@@H](O[C@H]2C(CO)O[C@@H](O[C@@H]3C(CO)O[C@H](O)C(O)[C@@H]3O)C(O)[C@@H]2O)C(O)[C@H](O)[C@@H]1O. The van der Waals surface area contributed by atoms with Crippen LogP contribution in [0.3, 0.4) is 0 Å². The molecule has 3 aliphatic heterocycles. The standard InChI is InChI=1S/C18H32O16/c19-1-4-7(22)8(23)12(27)17(31-4)34-15-6(3-21)32-18(13(28)10(15)25)33-14-5(2-20)30-16(29)11(26)9(14)24/h4-29H,1-3H2/t4?,5?,6?,7-,8-,9+,10+,11?,12?,13?,14-,15+,16+,17+,18+/m1/s1. The summed E-state index contributed by atoms with van der Waals surface area (Å²) in [6.07, 6.45) is -25.1. The van der Waals surface area contributed by atoms with Crippen LogP contribution in [0.2, 0.25) is 0 Å². The van der Waals surface area contributed by atoms with Gasteiger partial charge in [0.25, 0.3) is 0 Å². The maximum absolute atomic E-state index is 10.6. The van der Waals surface area contributed by atoms with Gasteiger partial charge in [-0.1, -0.05) is 0 Å². The third-order valence-electron chi connectivity index (χ3n) is 6.09. The molecular weight excluding hydrogens is 472 g/mol. The molecule has 0 aromatic carbocycles. The predicted molar refractivity (Wildman–Crippen MR) is 101 cm³/mol. The van der Waals surface area contributed by atoms with Crippen molar-refractivity contribution in [3.8, 4) is 0 Å². The summed E-state index contributed by atoms with van der Waals surface area (Å²) in [6.45, 7) is -2.32. The van der Waals surface area contributed by atoms with Crippen molar-refractivity contribution in [1.29, 1.82) is 0 Å². The van der Waals surface area contributed by atoms with Crippen LogP contribution in [-0.2, 0) is 23.7 Å². The first-order valence-electron chi connectivity index (χ1n) is 10.6. The molecular formula is C18H32O16. The Morgan fingerprint density at radius 1 is 0.441 bits per heavy atom. The fourth-order valence-electron chi connectivity index (χ4n) is 4.06. The molecule has 3 aliphatic rings. The van der Waals surface area contributed by atoms with E-state index in [4.69, 9.17) is 23.7 Å². The normalized spacial score (nSPS) is 52.5. The predicted octanol–water partition coefficient (Wildman–Crippen LogP) is -7.57. The molecule has 34 heavy (non-hydrogen) atoms. The van der Waals surface area contributed by atoms with E-state index in [1.807, 2.05) is 0 Å². The van der Waals surface area contributed by atoms with Gasteiger partial charge in [-0.2, -0.15) is 0 Å². The van der Waals surface area contributed by atoms with Crippen molar-refractivity contribution >= 4 is 0 Å². The third-order valence-corrected chi connectivity index (χ3v) is 6.09. The van der Waals surface area contributed by atoms with E-state index in [9.17, 15) is 56.2 Å². The van der Waals surface area contributed by atoms with E-state index < -0.39 is 112 Å². The van der Waals surface area contributed by atoms with E-state index in [-0.39, 0.29) is 0 Å². The molecule has 3 rings (SSSR count). The summed E-state index contributed by atoms with van der Waals surface area (Å²) in [4.78, 5) is 0. The average Bonchev–Trinajstić information content (AvgIpc) is 2.83. The van der Waals surface area contributed by atoms with Crippen molar-refractivity contribution in [3.05, 3.63) is 0 Å². The molecule has 16 heteroatoms. The largest absolute Gasteiger partial charge is 0.394 e. The summed E-state index contributed by atoms with van der Waals surface area (Å²) in [5.41, 5.74) is 0. The molecule has 0 radical (unpaired) electrons. The zero-order valence-electron chi connectivity index (χ0n) is 17.7. The summed E-state index contributed by atoms with van der Waals surface area (Å²) in [6, 6.07) is 0. The number of rotatable bonds is 7. The zero-order valence-corrected chi connectivity index (χ0v) is 17.7. The molecule has 0 aromatic heterocycles. The van der Waals surface area contributed by atoms with Crippen LogP contribution in [-0.4, -0.2) is 168 Å². The first-order chi connectivity index (χ1) is 16.0. The first kappa shape index (κ1) is 27.9. The van der Waals surface area contributed by atoms with Gasteiger partial charge in [0.1, 0.15) is 73.2 Å². The monoisotopic (exact) mass is 504 g/mol. The number of aliphatic hydroxyl groups is 11. The van der Waals surface area contributed by atoms with E-state index in [2.05, 4.69) is 0 Å². The van der Waals surface area contributed by atoms with Gasteiger partial charge in [0, 0.05) is 0 Å². The average molecular weight is 504 g/mol. The molecule has 0 aromatic rings. The molecule has 6 unspecified atom stereocenters. The molecule has 0 bridgehead atoms. The van der Waals surface area contributed by atoms with Crippen LogP contribution >= 0.6 is 0 Å². The van der Waals surface area contributed by atoms with Gasteiger partial charge in [0.05, 0.1) is 19.8 Å². The van der Waals surface area contributed by atoms with Crippen LogP contribution in [0.15, 0.2) is 0 Å². The molecule has 0 saturated carbocycles.